The van der Waals surface area contributed by atoms with E-state index in [1.165, 1.54) is 25.9 Å². The van der Waals surface area contributed by atoms with E-state index in [1.54, 1.807) is 17.7 Å². The molecule has 2 fully saturated rings. The Balaban J connectivity index is 1.47. The molecule has 2 bridgehead atoms. The van der Waals surface area contributed by atoms with Crippen molar-refractivity contribution in [3.05, 3.63) is 24.9 Å². The van der Waals surface area contributed by atoms with Crippen LogP contribution in [0.4, 0.5) is 0 Å². The first-order valence-corrected chi connectivity index (χ1v) is 8.30. The van der Waals surface area contributed by atoms with E-state index in [-0.39, 0.29) is 0 Å². The van der Waals surface area contributed by atoms with E-state index in [0.29, 0.717) is 12.0 Å². The maximum Gasteiger partial charge on any atom is 0.273 e. The first-order chi connectivity index (χ1) is 10.4. The lowest BCUT2D eigenvalue weighted by atomic mass is 9.87. The van der Waals surface area contributed by atoms with Crippen molar-refractivity contribution in [1.29, 1.82) is 0 Å². The van der Waals surface area contributed by atoms with E-state index in [2.05, 4.69) is 19.9 Å². The van der Waals surface area contributed by atoms with E-state index >= 15 is 0 Å². The van der Waals surface area contributed by atoms with Crippen molar-refractivity contribution in [2.45, 2.75) is 25.4 Å². The third kappa shape index (κ3) is 2.78. The fourth-order valence-corrected chi connectivity index (χ4v) is 4.09. The quantitative estimate of drug-likeness (QED) is 0.872. The number of thiazole rings is 1. The van der Waals surface area contributed by atoms with E-state index in [0.717, 1.165) is 28.6 Å². The predicted octanol–water partition coefficient (Wildman–Crippen LogP) is 2.46. The van der Waals surface area contributed by atoms with Crippen LogP contribution in [0.1, 0.15) is 19.3 Å². The van der Waals surface area contributed by atoms with Gasteiger partial charge in [0, 0.05) is 43.2 Å². The lowest BCUT2D eigenvalue weighted by Crippen LogP contribution is -2.48. The van der Waals surface area contributed by atoms with Crippen LogP contribution in [0.25, 0.3) is 10.4 Å². The van der Waals surface area contributed by atoms with Crippen LogP contribution < -0.4 is 4.74 Å². The Kier molecular flexibility index (Phi) is 3.57. The zero-order valence-electron chi connectivity index (χ0n) is 11.8. The Morgan fingerprint density at radius 2 is 2.05 bits per heavy atom. The zero-order chi connectivity index (χ0) is 14.1. The molecule has 2 saturated heterocycles. The molecule has 4 rings (SSSR count). The van der Waals surface area contributed by atoms with Crippen LogP contribution >= 0.6 is 11.3 Å². The molecule has 4 heterocycles. The SMILES string of the molecule is c1ncc(-c2cnc(O[C@H]3CCN4CCCC3C4)s2)cn1. The minimum atomic E-state index is 0.326. The Morgan fingerprint density at radius 3 is 2.95 bits per heavy atom. The molecule has 2 unspecified atom stereocenters. The summed E-state index contributed by atoms with van der Waals surface area (Å²) in [5.74, 6) is 0.667. The van der Waals surface area contributed by atoms with Crippen LogP contribution in [0.3, 0.4) is 0 Å². The van der Waals surface area contributed by atoms with E-state index in [4.69, 9.17) is 4.74 Å². The lowest BCUT2D eigenvalue weighted by Gasteiger charge is -2.41. The molecule has 0 N–H and O–H groups in total. The maximum absolute atomic E-state index is 6.18. The van der Waals surface area contributed by atoms with Gasteiger partial charge in [0.2, 0.25) is 0 Å². The Hall–Kier alpha value is -1.53. The predicted molar refractivity (Wildman–Crippen MR) is 81.3 cm³/mol. The van der Waals surface area contributed by atoms with Gasteiger partial charge in [-0.15, -0.1) is 0 Å². The third-order valence-electron chi connectivity index (χ3n) is 4.38. The minimum absolute atomic E-state index is 0.326. The molecule has 0 aliphatic carbocycles. The number of hydrogen-bond acceptors (Lipinski definition) is 6. The third-order valence-corrected chi connectivity index (χ3v) is 5.32. The number of hydrogen-bond donors (Lipinski definition) is 0. The second kappa shape index (κ2) is 5.69. The summed E-state index contributed by atoms with van der Waals surface area (Å²) < 4.78 is 6.18. The van der Waals surface area contributed by atoms with Crippen molar-refractivity contribution in [2.75, 3.05) is 19.6 Å². The van der Waals surface area contributed by atoms with Gasteiger partial charge in [0.05, 0.1) is 4.88 Å². The molecule has 2 aromatic heterocycles. The van der Waals surface area contributed by atoms with Crippen LogP contribution in [0.5, 0.6) is 5.19 Å². The minimum Gasteiger partial charge on any atom is -0.466 e. The van der Waals surface area contributed by atoms with Crippen LogP contribution in [0.15, 0.2) is 24.9 Å². The van der Waals surface area contributed by atoms with Crippen LogP contribution in [0, 0.1) is 5.92 Å². The molecule has 0 radical (unpaired) electrons. The molecule has 2 aliphatic heterocycles. The molecule has 2 aromatic rings. The standard InChI is InChI=1S/C15H18N4OS/c1-2-11-9-19(4-1)5-3-13(11)20-15-18-8-14(21-15)12-6-16-10-17-7-12/h6-8,10-11,13H,1-5,9H2/t11?,13-/m0/s1. The van der Waals surface area contributed by atoms with Crippen LogP contribution in [-0.2, 0) is 0 Å². The molecule has 0 aromatic carbocycles. The molecule has 2 aliphatic rings. The van der Waals surface area contributed by atoms with Gasteiger partial charge in [-0.3, -0.25) is 0 Å². The first kappa shape index (κ1) is 13.2. The topological polar surface area (TPSA) is 51.1 Å². The summed E-state index contributed by atoms with van der Waals surface area (Å²) in [6, 6.07) is 0. The smallest absolute Gasteiger partial charge is 0.273 e. The number of nitrogens with zero attached hydrogens (tertiary/aromatic N) is 4. The highest BCUT2D eigenvalue weighted by Gasteiger charge is 2.33. The first-order valence-electron chi connectivity index (χ1n) is 7.49. The van der Waals surface area contributed by atoms with E-state index < -0.39 is 0 Å². The fraction of sp³-hybridized carbons (Fsp3) is 0.533. The summed E-state index contributed by atoms with van der Waals surface area (Å²) in [5, 5.41) is 0.776. The summed E-state index contributed by atoms with van der Waals surface area (Å²) in [6.45, 7) is 3.61. The van der Waals surface area contributed by atoms with Crippen molar-refractivity contribution in [2.24, 2.45) is 5.92 Å². The molecular weight excluding hydrogens is 284 g/mol. The van der Waals surface area contributed by atoms with Crippen molar-refractivity contribution in [3.8, 4) is 15.6 Å². The molecule has 21 heavy (non-hydrogen) atoms. The second-order valence-corrected chi connectivity index (χ2v) is 6.76. The second-order valence-electron chi connectivity index (χ2n) is 5.77. The number of ether oxygens (including phenoxy) is 1. The molecule has 6 heteroatoms. The summed E-state index contributed by atoms with van der Waals surface area (Å²) in [4.78, 5) is 16.1. The highest BCUT2D eigenvalue weighted by molar-refractivity contribution is 7.16. The summed E-state index contributed by atoms with van der Waals surface area (Å²) in [5.41, 5.74) is 0.998. The summed E-state index contributed by atoms with van der Waals surface area (Å²) in [7, 11) is 0. The Labute approximate surface area is 128 Å². The van der Waals surface area contributed by atoms with Gasteiger partial charge < -0.3 is 9.64 Å². The van der Waals surface area contributed by atoms with Gasteiger partial charge in [-0.25, -0.2) is 15.0 Å². The van der Waals surface area contributed by atoms with Gasteiger partial charge in [0.1, 0.15) is 12.4 Å². The maximum atomic E-state index is 6.18. The highest BCUT2D eigenvalue weighted by Crippen LogP contribution is 2.34. The molecule has 110 valence electrons. The molecular formula is C15H18N4OS. The monoisotopic (exact) mass is 302 g/mol. The van der Waals surface area contributed by atoms with Crippen molar-refractivity contribution >= 4 is 11.3 Å². The number of aromatic nitrogens is 3. The highest BCUT2D eigenvalue weighted by atomic mass is 32.1. The van der Waals surface area contributed by atoms with Gasteiger partial charge in [-0.2, -0.15) is 0 Å². The van der Waals surface area contributed by atoms with Crippen molar-refractivity contribution < 1.29 is 4.74 Å². The van der Waals surface area contributed by atoms with Gasteiger partial charge in [-0.05, 0) is 25.8 Å². The number of rotatable bonds is 3. The normalized spacial score (nSPS) is 28.3. The summed E-state index contributed by atoms with van der Waals surface area (Å²) in [6.07, 6.45) is 11.0. The largest absolute Gasteiger partial charge is 0.466 e. The van der Waals surface area contributed by atoms with E-state index in [1.807, 2.05) is 18.6 Å². The van der Waals surface area contributed by atoms with Crippen LogP contribution in [-0.4, -0.2) is 45.6 Å². The molecule has 0 saturated carbocycles. The van der Waals surface area contributed by atoms with Crippen molar-refractivity contribution in [3.63, 3.8) is 0 Å². The molecule has 3 atom stereocenters. The number of fused-ring (bicyclic) bond motifs is 2. The van der Waals surface area contributed by atoms with Crippen molar-refractivity contribution in [1.82, 2.24) is 19.9 Å². The molecule has 0 amide bonds. The molecule has 0 spiro atoms. The zero-order valence-corrected chi connectivity index (χ0v) is 12.6. The Bertz CT molecular complexity index is 603. The average molecular weight is 302 g/mol. The molecule has 5 nitrogen and oxygen atoms in total. The lowest BCUT2D eigenvalue weighted by molar-refractivity contribution is 0.0150. The van der Waals surface area contributed by atoms with Gasteiger partial charge in [0.15, 0.2) is 0 Å². The van der Waals surface area contributed by atoms with Gasteiger partial charge in [-0.1, -0.05) is 11.3 Å². The Morgan fingerprint density at radius 1 is 1.14 bits per heavy atom. The summed E-state index contributed by atoms with van der Waals surface area (Å²) >= 11 is 1.58. The van der Waals surface area contributed by atoms with Gasteiger partial charge >= 0.3 is 0 Å². The van der Waals surface area contributed by atoms with Crippen LogP contribution in [0.2, 0.25) is 0 Å². The fourth-order valence-electron chi connectivity index (χ4n) is 3.30. The average Bonchev–Trinajstić information content (AvgIpc) is 3.00. The van der Waals surface area contributed by atoms with Gasteiger partial charge in [0.25, 0.3) is 5.19 Å². The van der Waals surface area contributed by atoms with E-state index in [9.17, 15) is 0 Å². The number of piperidine rings is 2.